The summed E-state index contributed by atoms with van der Waals surface area (Å²) in [7, 11) is 0. The minimum Gasteiger partial charge on any atom is -0.462 e. The van der Waals surface area contributed by atoms with Gasteiger partial charge in [-0.3, -0.25) is 14.4 Å². The second-order valence-electron chi connectivity index (χ2n) is 17.5. The van der Waals surface area contributed by atoms with Crippen LogP contribution in [0.3, 0.4) is 0 Å². The minimum atomic E-state index is -0.825. The fraction of sp³-hybridized carbons (Fsp3) is 0.678. The van der Waals surface area contributed by atoms with Gasteiger partial charge in [-0.25, -0.2) is 0 Å². The first-order valence-corrected chi connectivity index (χ1v) is 26.8. The number of carbonyl (C=O) groups is 3. The SMILES string of the molecule is CC\C=C/C=C\C=C/C=C\C=C/CCCC(=O)OCC(COC(=O)CCC/C=C\C/C=C\C/C=C\CCCCCCCC)OC(=O)CCCCCCCCCCCCCCCCCCC. The molecule has 1 atom stereocenters. The van der Waals surface area contributed by atoms with E-state index < -0.39 is 6.10 Å². The molecule has 0 aliphatic carbocycles. The number of ether oxygens (including phenoxy) is 3. The van der Waals surface area contributed by atoms with Crippen molar-refractivity contribution in [2.75, 3.05) is 13.2 Å². The Balaban J connectivity index is 4.52. The molecule has 0 N–H and O–H groups in total. The Bertz CT molecular complexity index is 1310. The van der Waals surface area contributed by atoms with E-state index in [-0.39, 0.29) is 44.0 Å². The highest BCUT2D eigenvalue weighted by molar-refractivity contribution is 5.71. The molecule has 6 heteroatoms. The molecule has 370 valence electrons. The van der Waals surface area contributed by atoms with Crippen LogP contribution in [0, 0.1) is 0 Å². The second kappa shape index (κ2) is 52.9. The van der Waals surface area contributed by atoms with Crippen LogP contribution in [0.4, 0.5) is 0 Å². The molecule has 0 spiro atoms. The largest absolute Gasteiger partial charge is 0.462 e. The van der Waals surface area contributed by atoms with Gasteiger partial charge in [-0.1, -0.05) is 253 Å². The first-order valence-electron chi connectivity index (χ1n) is 26.8. The number of hydrogen-bond acceptors (Lipinski definition) is 6. The van der Waals surface area contributed by atoms with Crippen molar-refractivity contribution >= 4 is 17.9 Å². The summed E-state index contributed by atoms with van der Waals surface area (Å²) in [6.45, 7) is 6.38. The van der Waals surface area contributed by atoms with Crippen molar-refractivity contribution in [2.45, 2.75) is 245 Å². The molecule has 0 heterocycles. The van der Waals surface area contributed by atoms with Crippen molar-refractivity contribution in [3.8, 4) is 0 Å². The maximum atomic E-state index is 12.8. The van der Waals surface area contributed by atoms with Crippen LogP contribution in [0.5, 0.6) is 0 Å². The smallest absolute Gasteiger partial charge is 0.306 e. The summed E-state index contributed by atoms with van der Waals surface area (Å²) in [5.74, 6) is -1.05. The van der Waals surface area contributed by atoms with E-state index >= 15 is 0 Å². The van der Waals surface area contributed by atoms with Gasteiger partial charge < -0.3 is 14.2 Å². The summed E-state index contributed by atoms with van der Waals surface area (Å²) in [6, 6.07) is 0. The van der Waals surface area contributed by atoms with Crippen molar-refractivity contribution in [3.05, 3.63) is 97.2 Å². The Labute approximate surface area is 400 Å². The summed E-state index contributed by atoms with van der Waals surface area (Å²) in [4.78, 5) is 38.0. The van der Waals surface area contributed by atoms with Crippen LogP contribution in [0.1, 0.15) is 239 Å². The van der Waals surface area contributed by atoms with Gasteiger partial charge in [-0.15, -0.1) is 0 Å². The first-order chi connectivity index (χ1) is 32.0. The molecular weight excluding hydrogens is 805 g/mol. The van der Waals surface area contributed by atoms with Crippen molar-refractivity contribution in [2.24, 2.45) is 0 Å². The number of allylic oxidation sites excluding steroid dienone is 16. The fourth-order valence-electron chi connectivity index (χ4n) is 7.19. The predicted octanol–water partition coefficient (Wildman–Crippen LogP) is 17.8. The summed E-state index contributed by atoms with van der Waals surface area (Å²) < 4.78 is 16.7. The van der Waals surface area contributed by atoms with E-state index in [2.05, 4.69) is 63.3 Å². The van der Waals surface area contributed by atoms with Gasteiger partial charge >= 0.3 is 17.9 Å². The fourth-order valence-corrected chi connectivity index (χ4v) is 7.19. The highest BCUT2D eigenvalue weighted by Gasteiger charge is 2.19. The second-order valence-corrected chi connectivity index (χ2v) is 17.5. The molecule has 0 aromatic heterocycles. The Morgan fingerprint density at radius 3 is 1.12 bits per heavy atom. The van der Waals surface area contributed by atoms with Crippen LogP contribution >= 0.6 is 0 Å². The van der Waals surface area contributed by atoms with Gasteiger partial charge in [0.25, 0.3) is 0 Å². The van der Waals surface area contributed by atoms with Gasteiger partial charge in [0.05, 0.1) is 0 Å². The maximum Gasteiger partial charge on any atom is 0.306 e. The zero-order chi connectivity index (χ0) is 47.2. The Hall–Kier alpha value is -3.67. The molecule has 6 nitrogen and oxygen atoms in total. The standard InChI is InChI=1S/C59H98O6/c1-4-7-10-13-16-19-22-25-27-29-31-34-37-40-43-46-49-52-58(61)64-55-56(54-63-57(60)51-48-45-42-39-36-33-24-21-18-15-12-9-6-3)65-59(62)53-50-47-44-41-38-35-32-30-28-26-23-20-17-14-11-8-5-2/h9,12,15,18,21,24-25,27,31,33-34,36,39-40,42-43,56H,4-8,10-11,13-14,16-17,19-20,22-23,26,28-30,32,35,37-38,41,44-55H2,1-3H3/b12-9-,18-15-,24-21-,27-25-,34-31-,36-33-,42-39-,43-40-. The molecule has 0 saturated heterocycles. The molecule has 0 saturated carbocycles. The number of carbonyl (C=O) groups excluding carboxylic acids is 3. The molecule has 0 rings (SSSR count). The van der Waals surface area contributed by atoms with Gasteiger partial charge in [0.1, 0.15) is 13.2 Å². The highest BCUT2D eigenvalue weighted by Crippen LogP contribution is 2.15. The molecule has 0 aliphatic heterocycles. The van der Waals surface area contributed by atoms with Gasteiger partial charge in [0, 0.05) is 19.3 Å². The van der Waals surface area contributed by atoms with Gasteiger partial charge in [-0.05, 0) is 64.2 Å². The summed E-state index contributed by atoms with van der Waals surface area (Å²) in [6.07, 6.45) is 69.8. The number of unbranched alkanes of at least 4 members (excludes halogenated alkanes) is 24. The lowest BCUT2D eigenvalue weighted by Gasteiger charge is -2.18. The molecule has 0 radical (unpaired) electrons. The lowest BCUT2D eigenvalue weighted by atomic mass is 10.0. The molecular formula is C59H98O6. The van der Waals surface area contributed by atoms with Crippen LogP contribution in [0.2, 0.25) is 0 Å². The Morgan fingerprint density at radius 2 is 0.677 bits per heavy atom. The third-order valence-corrected chi connectivity index (χ3v) is 11.2. The van der Waals surface area contributed by atoms with Crippen LogP contribution in [-0.2, 0) is 28.6 Å². The van der Waals surface area contributed by atoms with Gasteiger partial charge in [0.15, 0.2) is 6.10 Å². The Kier molecular flexibility index (Phi) is 50.0. The van der Waals surface area contributed by atoms with E-state index in [0.29, 0.717) is 19.3 Å². The van der Waals surface area contributed by atoms with E-state index in [0.717, 1.165) is 51.4 Å². The van der Waals surface area contributed by atoms with Gasteiger partial charge in [0.2, 0.25) is 0 Å². The average molecular weight is 903 g/mol. The monoisotopic (exact) mass is 903 g/mol. The maximum absolute atomic E-state index is 12.8. The van der Waals surface area contributed by atoms with E-state index in [4.69, 9.17) is 14.2 Å². The zero-order valence-corrected chi connectivity index (χ0v) is 42.2. The molecule has 0 bridgehead atoms. The Morgan fingerprint density at radius 1 is 0.338 bits per heavy atom. The van der Waals surface area contributed by atoms with E-state index in [9.17, 15) is 14.4 Å². The van der Waals surface area contributed by atoms with Crippen molar-refractivity contribution in [3.63, 3.8) is 0 Å². The molecule has 0 amide bonds. The summed E-state index contributed by atoms with van der Waals surface area (Å²) in [5.41, 5.74) is 0. The molecule has 0 aliphatic rings. The van der Waals surface area contributed by atoms with E-state index in [1.165, 1.54) is 135 Å². The quantitative estimate of drug-likeness (QED) is 0.0199. The van der Waals surface area contributed by atoms with Crippen LogP contribution in [0.25, 0.3) is 0 Å². The van der Waals surface area contributed by atoms with Crippen LogP contribution in [0.15, 0.2) is 97.2 Å². The minimum absolute atomic E-state index is 0.125. The number of rotatable bonds is 47. The number of esters is 3. The van der Waals surface area contributed by atoms with E-state index in [1.807, 2.05) is 54.7 Å². The zero-order valence-electron chi connectivity index (χ0n) is 42.2. The lowest BCUT2D eigenvalue weighted by Crippen LogP contribution is -2.30. The normalized spacial score (nSPS) is 12.8. The first kappa shape index (κ1) is 61.3. The van der Waals surface area contributed by atoms with E-state index in [1.54, 1.807) is 0 Å². The highest BCUT2D eigenvalue weighted by atomic mass is 16.6. The van der Waals surface area contributed by atoms with Gasteiger partial charge in [-0.2, -0.15) is 0 Å². The third kappa shape index (κ3) is 51.2. The van der Waals surface area contributed by atoms with Crippen molar-refractivity contribution in [1.29, 1.82) is 0 Å². The van der Waals surface area contributed by atoms with Crippen LogP contribution < -0.4 is 0 Å². The number of hydrogen-bond donors (Lipinski definition) is 0. The molecule has 65 heavy (non-hydrogen) atoms. The molecule has 1 unspecified atom stereocenters. The lowest BCUT2D eigenvalue weighted by molar-refractivity contribution is -0.167. The van der Waals surface area contributed by atoms with Crippen molar-refractivity contribution < 1.29 is 28.6 Å². The molecule has 0 fully saturated rings. The molecule has 0 aromatic carbocycles. The van der Waals surface area contributed by atoms with Crippen LogP contribution in [-0.4, -0.2) is 37.2 Å². The summed E-state index contributed by atoms with van der Waals surface area (Å²) >= 11 is 0. The predicted molar refractivity (Wildman–Crippen MR) is 279 cm³/mol. The van der Waals surface area contributed by atoms with Crippen molar-refractivity contribution in [1.82, 2.24) is 0 Å². The topological polar surface area (TPSA) is 78.9 Å². The average Bonchev–Trinajstić information content (AvgIpc) is 3.30. The third-order valence-electron chi connectivity index (χ3n) is 11.2. The summed E-state index contributed by atoms with van der Waals surface area (Å²) in [5, 5.41) is 0. The molecule has 0 aromatic rings.